The number of benzene rings is 1. The smallest absolute Gasteiger partial charge is 0.338 e. The van der Waals surface area contributed by atoms with Gasteiger partial charge in [-0.1, -0.05) is 24.3 Å². The highest BCUT2D eigenvalue weighted by molar-refractivity contribution is 5.96. The predicted molar refractivity (Wildman–Crippen MR) is 81.3 cm³/mol. The van der Waals surface area contributed by atoms with Crippen molar-refractivity contribution in [1.29, 1.82) is 0 Å². The fourth-order valence-electron chi connectivity index (χ4n) is 1.61. The predicted octanol–water partition coefficient (Wildman–Crippen LogP) is 3.36. The Bertz CT molecular complexity index is 711. The van der Waals surface area contributed by atoms with Crippen LogP contribution < -0.4 is 0 Å². The fourth-order valence-corrected chi connectivity index (χ4v) is 1.61. The van der Waals surface area contributed by atoms with E-state index in [0.29, 0.717) is 5.69 Å². The molecular formula is C17H17NO3. The third-order valence-electron chi connectivity index (χ3n) is 2.82. The maximum absolute atomic E-state index is 11.6. The van der Waals surface area contributed by atoms with Crippen molar-refractivity contribution in [3.63, 3.8) is 0 Å². The SMILES string of the molecule is CC(C)(C)C(=O)OC(=O)/C=C/c1ccc2ccccc2n1. The van der Waals surface area contributed by atoms with E-state index in [2.05, 4.69) is 4.98 Å². The molecule has 0 saturated heterocycles. The molecule has 1 aromatic carbocycles. The summed E-state index contributed by atoms with van der Waals surface area (Å²) in [4.78, 5) is 27.5. The van der Waals surface area contributed by atoms with Crippen LogP contribution in [0, 0.1) is 5.41 Å². The Morgan fingerprint density at radius 2 is 1.81 bits per heavy atom. The quantitative estimate of drug-likeness (QED) is 0.482. The summed E-state index contributed by atoms with van der Waals surface area (Å²) in [5.74, 6) is -1.24. The van der Waals surface area contributed by atoms with Gasteiger partial charge in [-0.2, -0.15) is 0 Å². The first-order valence-electron chi connectivity index (χ1n) is 6.66. The maximum atomic E-state index is 11.6. The van der Waals surface area contributed by atoms with Gasteiger partial charge in [0.05, 0.1) is 16.6 Å². The molecule has 0 saturated carbocycles. The second kappa shape index (κ2) is 5.87. The molecule has 1 aromatic heterocycles. The van der Waals surface area contributed by atoms with Gasteiger partial charge in [-0.05, 0) is 39.0 Å². The highest BCUT2D eigenvalue weighted by atomic mass is 16.6. The van der Waals surface area contributed by atoms with E-state index in [1.807, 2.05) is 30.3 Å². The van der Waals surface area contributed by atoms with Crippen LogP contribution in [0.15, 0.2) is 42.5 Å². The molecule has 0 unspecified atom stereocenters. The summed E-state index contributed by atoms with van der Waals surface area (Å²) in [7, 11) is 0. The molecule has 0 bridgehead atoms. The number of rotatable bonds is 2. The molecule has 21 heavy (non-hydrogen) atoms. The van der Waals surface area contributed by atoms with Crippen molar-refractivity contribution in [2.24, 2.45) is 5.41 Å². The number of aromatic nitrogens is 1. The summed E-state index contributed by atoms with van der Waals surface area (Å²) >= 11 is 0. The molecule has 0 fully saturated rings. The van der Waals surface area contributed by atoms with Gasteiger partial charge in [0.2, 0.25) is 0 Å². The van der Waals surface area contributed by atoms with E-state index >= 15 is 0 Å². The molecular weight excluding hydrogens is 266 g/mol. The third kappa shape index (κ3) is 3.99. The summed E-state index contributed by atoms with van der Waals surface area (Å²) in [6, 6.07) is 11.4. The van der Waals surface area contributed by atoms with Crippen LogP contribution in [-0.2, 0) is 14.3 Å². The van der Waals surface area contributed by atoms with Gasteiger partial charge in [0.25, 0.3) is 0 Å². The van der Waals surface area contributed by atoms with Gasteiger partial charge in [-0.15, -0.1) is 0 Å². The molecule has 4 heteroatoms. The number of pyridine rings is 1. The molecule has 0 aliphatic carbocycles. The Labute approximate surface area is 123 Å². The monoisotopic (exact) mass is 283 g/mol. The van der Waals surface area contributed by atoms with E-state index in [-0.39, 0.29) is 0 Å². The Morgan fingerprint density at radius 3 is 2.52 bits per heavy atom. The van der Waals surface area contributed by atoms with Gasteiger partial charge in [0, 0.05) is 11.5 Å². The topological polar surface area (TPSA) is 56.3 Å². The lowest BCUT2D eigenvalue weighted by molar-refractivity contribution is -0.162. The minimum absolute atomic E-state index is 0.552. The van der Waals surface area contributed by atoms with Crippen molar-refractivity contribution >= 4 is 28.9 Å². The highest BCUT2D eigenvalue weighted by Gasteiger charge is 2.24. The zero-order chi connectivity index (χ0) is 15.5. The lowest BCUT2D eigenvalue weighted by Crippen LogP contribution is -2.25. The first-order valence-corrected chi connectivity index (χ1v) is 6.66. The van der Waals surface area contributed by atoms with Crippen LogP contribution in [0.5, 0.6) is 0 Å². The van der Waals surface area contributed by atoms with Gasteiger partial charge in [-0.3, -0.25) is 4.79 Å². The van der Waals surface area contributed by atoms with E-state index in [9.17, 15) is 9.59 Å². The summed E-state index contributed by atoms with van der Waals surface area (Å²) in [5.41, 5.74) is 0.776. The molecule has 0 atom stereocenters. The summed E-state index contributed by atoms with van der Waals surface area (Å²) < 4.78 is 4.73. The second-order valence-corrected chi connectivity index (χ2v) is 5.72. The van der Waals surface area contributed by atoms with E-state index in [1.165, 1.54) is 12.2 Å². The van der Waals surface area contributed by atoms with Crippen LogP contribution in [-0.4, -0.2) is 16.9 Å². The van der Waals surface area contributed by atoms with Gasteiger partial charge in [0.15, 0.2) is 0 Å². The molecule has 2 aromatic rings. The van der Waals surface area contributed by atoms with E-state index < -0.39 is 17.4 Å². The molecule has 0 N–H and O–H groups in total. The van der Waals surface area contributed by atoms with Gasteiger partial charge in [-0.25, -0.2) is 9.78 Å². The Kier molecular flexibility index (Phi) is 4.17. The van der Waals surface area contributed by atoms with E-state index in [0.717, 1.165) is 10.9 Å². The van der Waals surface area contributed by atoms with Crippen LogP contribution in [0.3, 0.4) is 0 Å². The van der Waals surface area contributed by atoms with Gasteiger partial charge < -0.3 is 4.74 Å². The first kappa shape index (κ1) is 14.9. The van der Waals surface area contributed by atoms with Crippen LogP contribution in [0.1, 0.15) is 26.5 Å². The number of hydrogen-bond acceptors (Lipinski definition) is 4. The van der Waals surface area contributed by atoms with Crippen LogP contribution in [0.25, 0.3) is 17.0 Å². The maximum Gasteiger partial charge on any atom is 0.338 e. The molecule has 0 aliphatic heterocycles. The number of fused-ring (bicyclic) bond motifs is 1. The van der Waals surface area contributed by atoms with Crippen molar-refractivity contribution < 1.29 is 14.3 Å². The zero-order valence-electron chi connectivity index (χ0n) is 12.3. The molecule has 1 heterocycles. The molecule has 0 amide bonds. The lowest BCUT2D eigenvalue weighted by atomic mass is 9.97. The number of para-hydroxylation sites is 1. The second-order valence-electron chi connectivity index (χ2n) is 5.72. The van der Waals surface area contributed by atoms with Crippen molar-refractivity contribution in [2.75, 3.05) is 0 Å². The standard InChI is InChI=1S/C17H17NO3/c1-17(2,3)16(20)21-15(19)11-10-13-9-8-12-6-4-5-7-14(12)18-13/h4-11H,1-3H3/b11-10+. The average Bonchev–Trinajstić information content (AvgIpc) is 2.44. The highest BCUT2D eigenvalue weighted by Crippen LogP contribution is 2.16. The first-order chi connectivity index (χ1) is 9.86. The fraction of sp³-hybridized carbons (Fsp3) is 0.235. The number of ether oxygens (including phenoxy) is 1. The molecule has 2 rings (SSSR count). The average molecular weight is 283 g/mol. The number of nitrogens with zero attached hydrogens (tertiary/aromatic N) is 1. The largest absolute Gasteiger partial charge is 0.389 e. The van der Waals surface area contributed by atoms with Gasteiger partial charge >= 0.3 is 11.9 Å². The Hall–Kier alpha value is -2.49. The minimum Gasteiger partial charge on any atom is -0.389 e. The molecule has 108 valence electrons. The lowest BCUT2D eigenvalue weighted by Gasteiger charge is -2.14. The third-order valence-corrected chi connectivity index (χ3v) is 2.82. The number of esters is 2. The summed E-state index contributed by atoms with van der Waals surface area (Å²) in [6.45, 7) is 5.08. The molecule has 0 radical (unpaired) electrons. The van der Waals surface area contributed by atoms with E-state index in [4.69, 9.17) is 4.74 Å². The van der Waals surface area contributed by atoms with Crippen molar-refractivity contribution in [3.05, 3.63) is 48.2 Å². The van der Waals surface area contributed by atoms with Crippen LogP contribution in [0.4, 0.5) is 0 Å². The summed E-state index contributed by atoms with van der Waals surface area (Å²) in [5, 5.41) is 1.03. The van der Waals surface area contributed by atoms with Crippen molar-refractivity contribution in [3.8, 4) is 0 Å². The van der Waals surface area contributed by atoms with Crippen molar-refractivity contribution in [1.82, 2.24) is 4.98 Å². The number of carbonyl (C=O) groups excluding carboxylic acids is 2. The van der Waals surface area contributed by atoms with E-state index in [1.54, 1.807) is 26.8 Å². The summed E-state index contributed by atoms with van der Waals surface area (Å²) in [6.07, 6.45) is 2.74. The van der Waals surface area contributed by atoms with Crippen molar-refractivity contribution in [2.45, 2.75) is 20.8 Å². The van der Waals surface area contributed by atoms with Crippen LogP contribution >= 0.6 is 0 Å². The number of hydrogen-bond donors (Lipinski definition) is 0. The van der Waals surface area contributed by atoms with Crippen LogP contribution in [0.2, 0.25) is 0 Å². The normalized spacial score (nSPS) is 11.8. The minimum atomic E-state index is -0.704. The molecule has 0 spiro atoms. The molecule has 4 nitrogen and oxygen atoms in total. The number of carbonyl (C=O) groups is 2. The van der Waals surface area contributed by atoms with Gasteiger partial charge in [0.1, 0.15) is 0 Å². The Balaban J connectivity index is 2.09. The zero-order valence-corrected chi connectivity index (χ0v) is 12.3. The Morgan fingerprint density at radius 1 is 1.10 bits per heavy atom. The molecule has 0 aliphatic rings.